The monoisotopic (exact) mass is 301 g/mol. The predicted octanol–water partition coefficient (Wildman–Crippen LogP) is 2.82. The van der Waals surface area contributed by atoms with Gasteiger partial charge >= 0.3 is 6.09 Å². The fourth-order valence-electron chi connectivity index (χ4n) is 1.43. The Morgan fingerprint density at radius 3 is 2.73 bits per heavy atom. The molecule has 0 unspecified atom stereocenters. The molecule has 0 bridgehead atoms. The molecule has 0 saturated carbocycles. The fraction of sp³-hybridized carbons (Fsp3) is 0.333. The van der Waals surface area contributed by atoms with E-state index in [0.717, 1.165) is 4.68 Å². The Kier molecular flexibility index (Phi) is 5.24. The van der Waals surface area contributed by atoms with Gasteiger partial charge < -0.3 is 10.1 Å². The number of ether oxygens (including phenoxy) is 1. The topological polar surface area (TPSA) is 92.3 Å². The van der Waals surface area contributed by atoms with Crippen molar-refractivity contribution < 1.29 is 9.53 Å². The lowest BCUT2D eigenvalue weighted by Gasteiger charge is -2.19. The summed E-state index contributed by atoms with van der Waals surface area (Å²) in [7, 11) is 0. The molecule has 116 valence electrons. The molecular formula is C15H19N5O2. The Balaban J connectivity index is 3.03. The van der Waals surface area contributed by atoms with Crippen LogP contribution < -0.4 is 5.32 Å². The number of nitrogens with one attached hydrogen (secondary N) is 1. The van der Waals surface area contributed by atoms with Crippen LogP contribution in [-0.4, -0.2) is 27.3 Å². The Morgan fingerprint density at radius 1 is 1.59 bits per heavy atom. The Morgan fingerprint density at radius 2 is 2.23 bits per heavy atom. The first-order valence-corrected chi connectivity index (χ1v) is 6.53. The zero-order chi connectivity index (χ0) is 16.9. The Hall–Kier alpha value is -2.88. The number of aromatic nitrogens is 2. The van der Waals surface area contributed by atoms with Gasteiger partial charge in [0.15, 0.2) is 5.82 Å². The molecule has 0 fully saturated rings. The zero-order valence-electron chi connectivity index (χ0n) is 13.2. The third-order valence-corrected chi connectivity index (χ3v) is 2.28. The molecule has 0 amide bonds. The van der Waals surface area contributed by atoms with Gasteiger partial charge in [-0.2, -0.15) is 9.94 Å². The second kappa shape index (κ2) is 6.72. The molecule has 0 atom stereocenters. The summed E-state index contributed by atoms with van der Waals surface area (Å²) < 4.78 is 6.38. The number of aryl methyl sites for hydroxylation is 1. The molecule has 1 heterocycles. The number of hydrogen-bond donors (Lipinski definition) is 1. The molecule has 0 aliphatic heterocycles. The first-order chi connectivity index (χ1) is 10.2. The van der Waals surface area contributed by atoms with Crippen LogP contribution in [0.25, 0.3) is 0 Å². The van der Waals surface area contributed by atoms with Gasteiger partial charge in [-0.15, -0.1) is 5.10 Å². The van der Waals surface area contributed by atoms with E-state index in [9.17, 15) is 4.79 Å². The number of hydrogen-bond acceptors (Lipinski definition) is 5. The number of aliphatic imine (C=N–C) groups is 1. The highest BCUT2D eigenvalue weighted by molar-refractivity contribution is 5.95. The van der Waals surface area contributed by atoms with Gasteiger partial charge in [0.1, 0.15) is 23.2 Å². The highest BCUT2D eigenvalue weighted by atomic mass is 16.6. The molecule has 0 saturated heterocycles. The maximum absolute atomic E-state index is 12.0. The van der Waals surface area contributed by atoms with E-state index in [2.05, 4.69) is 28.6 Å². The van der Waals surface area contributed by atoms with Crippen molar-refractivity contribution in [2.45, 2.75) is 33.3 Å². The molecule has 7 heteroatoms. The van der Waals surface area contributed by atoms with Crippen LogP contribution >= 0.6 is 0 Å². The van der Waals surface area contributed by atoms with E-state index in [0.29, 0.717) is 11.5 Å². The molecule has 7 nitrogen and oxygen atoms in total. The van der Waals surface area contributed by atoms with E-state index in [1.54, 1.807) is 33.8 Å². The normalized spacial score (nSPS) is 11.5. The molecule has 1 rings (SSSR count). The van der Waals surface area contributed by atoms with Crippen LogP contribution in [0.2, 0.25) is 0 Å². The van der Waals surface area contributed by atoms with Crippen LogP contribution in [-0.2, 0) is 4.74 Å². The van der Waals surface area contributed by atoms with Gasteiger partial charge in [-0.25, -0.2) is 9.79 Å². The van der Waals surface area contributed by atoms with E-state index in [4.69, 9.17) is 10.00 Å². The Labute approximate surface area is 129 Å². The summed E-state index contributed by atoms with van der Waals surface area (Å²) in [6.45, 7) is 14.1. The van der Waals surface area contributed by atoms with Crippen LogP contribution in [0.5, 0.6) is 0 Å². The first kappa shape index (κ1) is 17.2. The molecule has 0 aromatic carbocycles. The van der Waals surface area contributed by atoms with E-state index in [1.807, 2.05) is 6.07 Å². The van der Waals surface area contributed by atoms with Gasteiger partial charge in [0, 0.05) is 6.07 Å². The Bertz CT molecular complexity index is 671. The van der Waals surface area contributed by atoms with Crippen molar-refractivity contribution in [3.63, 3.8) is 0 Å². The van der Waals surface area contributed by atoms with Gasteiger partial charge in [-0.1, -0.05) is 13.2 Å². The van der Waals surface area contributed by atoms with E-state index in [1.165, 1.54) is 6.08 Å². The molecule has 22 heavy (non-hydrogen) atoms. The minimum absolute atomic E-state index is 0.127. The second-order valence-electron chi connectivity index (χ2n) is 5.45. The number of carbonyl (C=O) groups is 1. The van der Waals surface area contributed by atoms with Crippen LogP contribution in [0.4, 0.5) is 10.6 Å². The molecule has 0 aliphatic carbocycles. The molecule has 0 spiro atoms. The number of nitrogens with zero attached hydrogens (tertiary/aromatic N) is 4. The lowest BCUT2D eigenvalue weighted by Crippen LogP contribution is -2.28. The average molecular weight is 301 g/mol. The quantitative estimate of drug-likeness (QED) is 0.526. The first-order valence-electron chi connectivity index (χ1n) is 6.53. The van der Waals surface area contributed by atoms with Crippen molar-refractivity contribution in [3.8, 4) is 6.07 Å². The number of nitriles is 1. The third-order valence-electron chi connectivity index (χ3n) is 2.28. The van der Waals surface area contributed by atoms with E-state index in [-0.39, 0.29) is 11.5 Å². The van der Waals surface area contributed by atoms with Crippen molar-refractivity contribution in [1.29, 1.82) is 5.26 Å². The zero-order valence-corrected chi connectivity index (χ0v) is 13.2. The average Bonchev–Trinajstić information content (AvgIpc) is 2.76. The molecule has 1 N–H and O–H groups in total. The molecule has 1 aromatic heterocycles. The summed E-state index contributed by atoms with van der Waals surface area (Å²) in [5.41, 5.74) is 0.0922. The van der Waals surface area contributed by atoms with Crippen LogP contribution in [0.1, 0.15) is 26.5 Å². The van der Waals surface area contributed by atoms with Crippen LogP contribution in [0.15, 0.2) is 36.0 Å². The third kappa shape index (κ3) is 4.90. The van der Waals surface area contributed by atoms with Crippen LogP contribution in [0.3, 0.4) is 0 Å². The molecule has 0 radical (unpaired) electrons. The lowest BCUT2D eigenvalue weighted by atomic mass is 10.2. The maximum Gasteiger partial charge on any atom is 0.435 e. The van der Waals surface area contributed by atoms with Crippen molar-refractivity contribution in [2.75, 3.05) is 0 Å². The summed E-state index contributed by atoms with van der Waals surface area (Å²) in [4.78, 5) is 16.2. The largest absolute Gasteiger partial charge is 0.442 e. The highest BCUT2D eigenvalue weighted by Gasteiger charge is 2.20. The number of allylic oxidation sites excluding steroid dienone is 1. The molecular weight excluding hydrogens is 282 g/mol. The summed E-state index contributed by atoms with van der Waals surface area (Å²) >= 11 is 0. The molecule has 0 aliphatic rings. The van der Waals surface area contributed by atoms with Crippen molar-refractivity contribution in [2.24, 2.45) is 4.99 Å². The second-order valence-corrected chi connectivity index (χ2v) is 5.45. The number of carbonyl (C=O) groups excluding carboxylic acids is 1. The summed E-state index contributed by atoms with van der Waals surface area (Å²) in [6.07, 6.45) is 0.839. The smallest absolute Gasteiger partial charge is 0.435 e. The SMILES string of the molecule is C=CC(=Nc1cc(C)n(C(=O)OC(C)(C)C)n1)NC(=C)C#N. The summed E-state index contributed by atoms with van der Waals surface area (Å²) in [6, 6.07) is 3.46. The predicted molar refractivity (Wildman–Crippen MR) is 83.8 cm³/mol. The van der Waals surface area contributed by atoms with E-state index >= 15 is 0 Å². The van der Waals surface area contributed by atoms with Gasteiger partial charge in [0.05, 0.1) is 5.69 Å². The van der Waals surface area contributed by atoms with E-state index < -0.39 is 11.7 Å². The van der Waals surface area contributed by atoms with Crippen LogP contribution in [0, 0.1) is 18.3 Å². The number of amidine groups is 1. The van der Waals surface area contributed by atoms with Crippen molar-refractivity contribution in [3.05, 3.63) is 36.7 Å². The molecule has 1 aromatic rings. The van der Waals surface area contributed by atoms with Crippen molar-refractivity contribution >= 4 is 17.7 Å². The van der Waals surface area contributed by atoms with Gasteiger partial charge in [0.2, 0.25) is 0 Å². The van der Waals surface area contributed by atoms with Gasteiger partial charge in [-0.3, -0.25) is 0 Å². The van der Waals surface area contributed by atoms with Gasteiger partial charge in [0.25, 0.3) is 0 Å². The maximum atomic E-state index is 12.0. The summed E-state index contributed by atoms with van der Waals surface area (Å²) in [5, 5.41) is 15.4. The highest BCUT2D eigenvalue weighted by Crippen LogP contribution is 2.15. The van der Waals surface area contributed by atoms with Crippen molar-refractivity contribution in [1.82, 2.24) is 15.1 Å². The minimum Gasteiger partial charge on any atom is -0.442 e. The number of rotatable bonds is 3. The fourth-order valence-corrected chi connectivity index (χ4v) is 1.43. The standard InChI is InChI=1S/C15H19N5O2/c1-7-12(17-10(2)9-16)18-13-8-11(3)20(19-13)14(21)22-15(4,5)6/h7-8H,1-2H2,3-6H3,(H,17,18,19). The minimum atomic E-state index is -0.614. The van der Waals surface area contributed by atoms with Gasteiger partial charge in [-0.05, 0) is 33.8 Å². The lowest BCUT2D eigenvalue weighted by molar-refractivity contribution is 0.0511. The summed E-state index contributed by atoms with van der Waals surface area (Å²) in [5.74, 6) is 0.594.